The maximum Gasteiger partial charge on any atom is 0.270 e. The van der Waals surface area contributed by atoms with Gasteiger partial charge in [-0.25, -0.2) is 0 Å². The van der Waals surface area contributed by atoms with Gasteiger partial charge < -0.3 is 4.90 Å². The summed E-state index contributed by atoms with van der Waals surface area (Å²) in [6.07, 6.45) is 1.59. The lowest BCUT2D eigenvalue weighted by molar-refractivity contribution is -0.122. The van der Waals surface area contributed by atoms with Crippen LogP contribution >= 0.6 is 12.2 Å². The van der Waals surface area contributed by atoms with Crippen molar-refractivity contribution in [2.75, 3.05) is 23.9 Å². The van der Waals surface area contributed by atoms with Crippen LogP contribution in [0.5, 0.6) is 0 Å². The van der Waals surface area contributed by atoms with Gasteiger partial charge in [-0.2, -0.15) is 0 Å². The van der Waals surface area contributed by atoms with Gasteiger partial charge in [0.25, 0.3) is 11.8 Å². The Labute approximate surface area is 157 Å². The van der Waals surface area contributed by atoms with E-state index in [1.807, 2.05) is 68.4 Å². The Morgan fingerprint density at radius 1 is 1.04 bits per heavy atom. The lowest BCUT2D eigenvalue weighted by Crippen LogP contribution is -2.54. The highest BCUT2D eigenvalue weighted by atomic mass is 32.1. The molecule has 26 heavy (non-hydrogen) atoms. The molecule has 0 saturated carbocycles. The van der Waals surface area contributed by atoms with Crippen LogP contribution in [-0.2, 0) is 9.59 Å². The molecule has 1 aliphatic rings. The van der Waals surface area contributed by atoms with E-state index in [2.05, 4.69) is 5.32 Å². The molecule has 1 N–H and O–H groups in total. The van der Waals surface area contributed by atoms with Crippen molar-refractivity contribution in [3.05, 3.63) is 65.2 Å². The Hall–Kier alpha value is -2.99. The molecular formula is C20H19N3O2S. The highest BCUT2D eigenvalue weighted by Crippen LogP contribution is 2.25. The molecule has 1 saturated heterocycles. The summed E-state index contributed by atoms with van der Waals surface area (Å²) in [5, 5.41) is 2.70. The Morgan fingerprint density at radius 2 is 1.69 bits per heavy atom. The zero-order chi connectivity index (χ0) is 18.8. The number of rotatable bonds is 3. The first-order valence-corrected chi connectivity index (χ1v) is 8.54. The number of anilines is 2. The lowest BCUT2D eigenvalue weighted by atomic mass is 10.1. The topological polar surface area (TPSA) is 52.7 Å². The van der Waals surface area contributed by atoms with Crippen molar-refractivity contribution in [3.8, 4) is 0 Å². The van der Waals surface area contributed by atoms with Gasteiger partial charge in [0.15, 0.2) is 5.11 Å². The van der Waals surface area contributed by atoms with E-state index in [-0.39, 0.29) is 10.7 Å². The van der Waals surface area contributed by atoms with E-state index in [0.29, 0.717) is 5.69 Å². The highest BCUT2D eigenvalue weighted by molar-refractivity contribution is 7.80. The summed E-state index contributed by atoms with van der Waals surface area (Å²) in [6.45, 7) is 1.89. The molecule has 0 aliphatic carbocycles. The van der Waals surface area contributed by atoms with Crippen molar-refractivity contribution in [1.82, 2.24) is 5.32 Å². The van der Waals surface area contributed by atoms with Gasteiger partial charge in [-0.1, -0.05) is 30.3 Å². The largest absolute Gasteiger partial charge is 0.378 e. The van der Waals surface area contributed by atoms with Crippen molar-refractivity contribution < 1.29 is 9.59 Å². The van der Waals surface area contributed by atoms with Crippen LogP contribution in [-0.4, -0.2) is 31.0 Å². The van der Waals surface area contributed by atoms with Gasteiger partial charge in [0, 0.05) is 19.8 Å². The minimum atomic E-state index is -0.485. The SMILES string of the molecule is Cc1ccccc1N1C(=O)C(=Cc2ccc(N(C)C)cc2)C(=O)NC1=S. The number of hydrogen-bond acceptors (Lipinski definition) is 4. The van der Waals surface area contributed by atoms with Crippen LogP contribution in [0.15, 0.2) is 54.1 Å². The summed E-state index contributed by atoms with van der Waals surface area (Å²) < 4.78 is 0. The van der Waals surface area contributed by atoms with E-state index in [4.69, 9.17) is 12.2 Å². The first-order chi connectivity index (χ1) is 12.4. The smallest absolute Gasteiger partial charge is 0.270 e. The summed E-state index contributed by atoms with van der Waals surface area (Å²) in [5.41, 5.74) is 3.42. The maximum atomic E-state index is 13.0. The quantitative estimate of drug-likeness (QED) is 0.516. The van der Waals surface area contributed by atoms with Crippen molar-refractivity contribution in [3.63, 3.8) is 0 Å². The van der Waals surface area contributed by atoms with Crippen LogP contribution in [0.2, 0.25) is 0 Å². The molecule has 0 spiro atoms. The second-order valence-corrected chi connectivity index (χ2v) is 6.62. The maximum absolute atomic E-state index is 13.0. The van der Waals surface area contributed by atoms with Gasteiger partial charge in [0.2, 0.25) is 0 Å². The van der Waals surface area contributed by atoms with Crippen LogP contribution in [0.1, 0.15) is 11.1 Å². The summed E-state index contributed by atoms with van der Waals surface area (Å²) in [6, 6.07) is 15.0. The molecule has 0 atom stereocenters. The molecule has 2 aromatic rings. The zero-order valence-electron chi connectivity index (χ0n) is 14.8. The third-order valence-corrected chi connectivity index (χ3v) is 4.46. The van der Waals surface area contributed by atoms with Crippen LogP contribution < -0.4 is 15.1 Å². The molecule has 2 amide bonds. The molecule has 5 nitrogen and oxygen atoms in total. The van der Waals surface area contributed by atoms with Crippen molar-refractivity contribution in [1.29, 1.82) is 0 Å². The second-order valence-electron chi connectivity index (χ2n) is 6.23. The molecule has 6 heteroatoms. The molecular weight excluding hydrogens is 346 g/mol. The van der Waals surface area contributed by atoms with Crippen LogP contribution in [0.4, 0.5) is 11.4 Å². The Balaban J connectivity index is 1.99. The second kappa shape index (κ2) is 7.09. The number of para-hydroxylation sites is 1. The van der Waals surface area contributed by atoms with Crippen LogP contribution in [0, 0.1) is 6.92 Å². The van der Waals surface area contributed by atoms with Crippen molar-refractivity contribution in [2.45, 2.75) is 6.92 Å². The minimum absolute atomic E-state index is 0.0551. The van der Waals surface area contributed by atoms with Gasteiger partial charge in [0.05, 0.1) is 5.69 Å². The minimum Gasteiger partial charge on any atom is -0.378 e. The number of hydrogen-bond donors (Lipinski definition) is 1. The fraction of sp³-hybridized carbons (Fsp3) is 0.150. The Kier molecular flexibility index (Phi) is 4.86. The molecule has 0 aromatic heterocycles. The number of nitrogens with zero attached hydrogens (tertiary/aromatic N) is 2. The lowest BCUT2D eigenvalue weighted by Gasteiger charge is -2.30. The van der Waals surface area contributed by atoms with Gasteiger partial charge in [0.1, 0.15) is 5.57 Å². The van der Waals surface area contributed by atoms with E-state index in [1.165, 1.54) is 4.90 Å². The van der Waals surface area contributed by atoms with E-state index in [1.54, 1.807) is 12.1 Å². The van der Waals surface area contributed by atoms with Crippen molar-refractivity contribution >= 4 is 46.6 Å². The van der Waals surface area contributed by atoms with E-state index >= 15 is 0 Å². The molecule has 1 fully saturated rings. The van der Waals surface area contributed by atoms with E-state index < -0.39 is 11.8 Å². The average molecular weight is 365 g/mol. The molecule has 2 aromatic carbocycles. The number of benzene rings is 2. The number of carbonyl (C=O) groups excluding carboxylic acids is 2. The Morgan fingerprint density at radius 3 is 2.31 bits per heavy atom. The number of carbonyl (C=O) groups is 2. The number of nitrogens with one attached hydrogen (secondary N) is 1. The van der Waals surface area contributed by atoms with Gasteiger partial charge in [-0.05, 0) is 54.5 Å². The molecule has 0 radical (unpaired) electrons. The normalized spacial score (nSPS) is 16.0. The molecule has 1 aliphatic heterocycles. The standard InChI is InChI=1S/C20H19N3O2S/c1-13-6-4-5-7-17(13)23-19(25)16(18(24)21-20(23)26)12-14-8-10-15(11-9-14)22(2)3/h4-12H,1-3H3,(H,21,24,26). The summed E-state index contributed by atoms with van der Waals surface area (Å²) in [7, 11) is 3.90. The first kappa shape index (κ1) is 17.8. The zero-order valence-corrected chi connectivity index (χ0v) is 15.6. The molecule has 1 heterocycles. The predicted octanol–water partition coefficient (Wildman–Crippen LogP) is 2.89. The number of amides is 2. The molecule has 3 rings (SSSR count). The van der Waals surface area contributed by atoms with E-state index in [0.717, 1.165) is 16.8 Å². The van der Waals surface area contributed by atoms with Crippen molar-refractivity contribution in [2.24, 2.45) is 0 Å². The fourth-order valence-corrected chi connectivity index (χ4v) is 3.00. The van der Waals surface area contributed by atoms with E-state index in [9.17, 15) is 9.59 Å². The summed E-state index contributed by atoms with van der Waals surface area (Å²) in [5.74, 6) is -0.911. The van der Waals surface area contributed by atoms with Crippen LogP contribution in [0.25, 0.3) is 6.08 Å². The third kappa shape index (κ3) is 3.36. The van der Waals surface area contributed by atoms with Gasteiger partial charge in [-0.15, -0.1) is 0 Å². The Bertz CT molecular complexity index is 917. The predicted molar refractivity (Wildman–Crippen MR) is 108 cm³/mol. The number of thiocarbonyl (C=S) groups is 1. The highest BCUT2D eigenvalue weighted by Gasteiger charge is 2.34. The van der Waals surface area contributed by atoms with Gasteiger partial charge >= 0.3 is 0 Å². The monoisotopic (exact) mass is 365 g/mol. The summed E-state index contributed by atoms with van der Waals surface area (Å²) >= 11 is 5.23. The third-order valence-electron chi connectivity index (χ3n) is 4.18. The summed E-state index contributed by atoms with van der Waals surface area (Å²) in [4.78, 5) is 28.7. The molecule has 0 unspecified atom stereocenters. The fourth-order valence-electron chi connectivity index (χ4n) is 2.73. The average Bonchev–Trinajstić information content (AvgIpc) is 2.60. The van der Waals surface area contributed by atoms with Gasteiger partial charge in [-0.3, -0.25) is 19.8 Å². The molecule has 132 valence electrons. The number of aryl methyl sites for hydroxylation is 1. The molecule has 0 bridgehead atoms. The first-order valence-electron chi connectivity index (χ1n) is 8.13. The van der Waals surface area contributed by atoms with Crippen LogP contribution in [0.3, 0.4) is 0 Å².